The van der Waals surface area contributed by atoms with Gasteiger partial charge in [0.2, 0.25) is 10.0 Å². The van der Waals surface area contributed by atoms with Crippen molar-refractivity contribution < 1.29 is 22.3 Å². The minimum Gasteiger partial charge on any atom is -0.492 e. The van der Waals surface area contributed by atoms with Crippen LogP contribution >= 0.6 is 0 Å². The highest BCUT2D eigenvalue weighted by molar-refractivity contribution is 7.89. The van der Waals surface area contributed by atoms with E-state index in [-0.39, 0.29) is 22.4 Å². The number of ether oxygens (including phenoxy) is 1. The largest absolute Gasteiger partial charge is 0.492 e. The number of carbonyl (C=O) groups excluding carboxylic acids is 1. The van der Waals surface area contributed by atoms with Crippen LogP contribution in [0.25, 0.3) is 0 Å². The molecule has 0 aromatic heterocycles. The van der Waals surface area contributed by atoms with Crippen LogP contribution in [0.2, 0.25) is 0 Å². The van der Waals surface area contributed by atoms with Crippen molar-refractivity contribution in [2.75, 3.05) is 11.9 Å². The number of sulfonamides is 1. The van der Waals surface area contributed by atoms with Crippen LogP contribution in [0, 0.1) is 11.7 Å². The van der Waals surface area contributed by atoms with Crippen LogP contribution in [0.4, 0.5) is 10.1 Å². The van der Waals surface area contributed by atoms with Gasteiger partial charge in [-0.2, -0.15) is 0 Å². The molecule has 0 unspecified atom stereocenters. The molecule has 0 spiro atoms. The minimum absolute atomic E-state index is 0.134. The quantitative estimate of drug-likeness (QED) is 0.679. The molecule has 3 rings (SSSR count). The van der Waals surface area contributed by atoms with Crippen molar-refractivity contribution in [1.29, 1.82) is 0 Å². The van der Waals surface area contributed by atoms with E-state index in [9.17, 15) is 17.6 Å². The smallest absolute Gasteiger partial charge is 0.258 e. The first-order valence-corrected chi connectivity index (χ1v) is 11.6. The molecule has 0 aliphatic heterocycles. The van der Waals surface area contributed by atoms with Crippen LogP contribution in [0.3, 0.4) is 0 Å². The number of hydrogen-bond donors (Lipinski definition) is 2. The van der Waals surface area contributed by atoms with E-state index >= 15 is 0 Å². The van der Waals surface area contributed by atoms with Gasteiger partial charge in [0.25, 0.3) is 5.91 Å². The molecule has 6 nitrogen and oxygen atoms in total. The van der Waals surface area contributed by atoms with E-state index in [1.165, 1.54) is 6.07 Å². The van der Waals surface area contributed by atoms with Gasteiger partial charge in [-0.3, -0.25) is 4.79 Å². The van der Waals surface area contributed by atoms with Gasteiger partial charge in [0, 0.05) is 6.04 Å². The summed E-state index contributed by atoms with van der Waals surface area (Å²) in [6.07, 6.45) is 3.78. The summed E-state index contributed by atoms with van der Waals surface area (Å²) in [5.74, 6) is -0.869. The highest BCUT2D eigenvalue weighted by Gasteiger charge is 2.28. The molecule has 8 heteroatoms. The van der Waals surface area contributed by atoms with Gasteiger partial charge < -0.3 is 10.1 Å². The number of anilines is 1. The fourth-order valence-corrected chi connectivity index (χ4v) is 5.05. The van der Waals surface area contributed by atoms with Crippen molar-refractivity contribution in [3.8, 4) is 5.75 Å². The lowest BCUT2D eigenvalue weighted by atomic mass is 9.87. The molecule has 30 heavy (non-hydrogen) atoms. The van der Waals surface area contributed by atoms with E-state index in [2.05, 4.69) is 10.0 Å². The van der Waals surface area contributed by atoms with E-state index in [0.717, 1.165) is 37.8 Å². The maximum Gasteiger partial charge on any atom is 0.258 e. The lowest BCUT2D eigenvalue weighted by Gasteiger charge is -2.29. The molecule has 1 amide bonds. The molecule has 162 valence electrons. The highest BCUT2D eigenvalue weighted by Crippen LogP contribution is 2.27. The third kappa shape index (κ3) is 5.17. The average molecular weight is 435 g/mol. The second-order valence-corrected chi connectivity index (χ2v) is 9.23. The van der Waals surface area contributed by atoms with Gasteiger partial charge in [0.15, 0.2) is 0 Å². The van der Waals surface area contributed by atoms with Gasteiger partial charge in [-0.1, -0.05) is 31.9 Å². The number of hydrogen-bond acceptors (Lipinski definition) is 4. The second-order valence-electron chi connectivity index (χ2n) is 7.51. The summed E-state index contributed by atoms with van der Waals surface area (Å²) in [7, 11) is -3.88. The Kier molecular flexibility index (Phi) is 7.10. The highest BCUT2D eigenvalue weighted by atomic mass is 32.2. The van der Waals surface area contributed by atoms with Gasteiger partial charge in [-0.05, 0) is 56.0 Å². The van der Waals surface area contributed by atoms with Crippen molar-refractivity contribution in [2.24, 2.45) is 5.92 Å². The van der Waals surface area contributed by atoms with Crippen molar-refractivity contribution in [3.05, 3.63) is 53.8 Å². The monoisotopic (exact) mass is 434 g/mol. The maximum absolute atomic E-state index is 14.4. The van der Waals surface area contributed by atoms with Crippen molar-refractivity contribution in [1.82, 2.24) is 4.72 Å². The van der Waals surface area contributed by atoms with Crippen molar-refractivity contribution in [3.63, 3.8) is 0 Å². The standard InChI is InChI=1S/C22H27FN2O4S/c1-3-29-21-11-7-6-10-20(21)24-22(26)17-14-16(12-13-18(17)23)30(27,28)25-19-9-5-4-8-15(19)2/h6-7,10-15,19,25H,3-5,8-9H2,1-2H3,(H,24,26)/t15-,19-/m1/s1. The average Bonchev–Trinajstić information content (AvgIpc) is 2.71. The summed E-state index contributed by atoms with van der Waals surface area (Å²) in [5.41, 5.74) is 0.0343. The summed E-state index contributed by atoms with van der Waals surface area (Å²) in [5, 5.41) is 2.60. The van der Waals surface area contributed by atoms with Gasteiger partial charge in [0.05, 0.1) is 22.8 Å². The van der Waals surface area contributed by atoms with Gasteiger partial charge >= 0.3 is 0 Å². The zero-order valence-electron chi connectivity index (χ0n) is 17.2. The summed E-state index contributed by atoms with van der Waals surface area (Å²) >= 11 is 0. The van der Waals surface area contributed by atoms with Crippen LogP contribution < -0.4 is 14.8 Å². The fraction of sp³-hybridized carbons (Fsp3) is 0.409. The Morgan fingerprint density at radius 1 is 1.17 bits per heavy atom. The first kappa shape index (κ1) is 22.2. The maximum atomic E-state index is 14.4. The molecule has 0 heterocycles. The minimum atomic E-state index is -3.88. The first-order chi connectivity index (χ1) is 14.3. The van der Waals surface area contributed by atoms with Crippen LogP contribution in [0.1, 0.15) is 49.9 Å². The summed E-state index contributed by atoms with van der Waals surface area (Å²) in [4.78, 5) is 12.6. The normalized spacial score (nSPS) is 19.3. The Morgan fingerprint density at radius 3 is 2.63 bits per heavy atom. The van der Waals surface area contributed by atoms with Gasteiger partial charge in [0.1, 0.15) is 11.6 Å². The number of para-hydroxylation sites is 2. The van der Waals surface area contributed by atoms with Gasteiger partial charge in [-0.15, -0.1) is 0 Å². The number of rotatable bonds is 7. The SMILES string of the molecule is CCOc1ccccc1NC(=O)c1cc(S(=O)(=O)N[C@@H]2CCCC[C@H]2C)ccc1F. The second kappa shape index (κ2) is 9.57. The predicted octanol–water partition coefficient (Wildman–Crippen LogP) is 4.33. The van der Waals surface area contributed by atoms with Crippen molar-refractivity contribution >= 4 is 21.6 Å². The molecule has 1 fully saturated rings. The Bertz CT molecular complexity index is 1010. The van der Waals surface area contributed by atoms with Crippen LogP contribution in [0.5, 0.6) is 5.75 Å². The first-order valence-electron chi connectivity index (χ1n) is 10.2. The Balaban J connectivity index is 1.83. The number of halogens is 1. The third-order valence-corrected chi connectivity index (χ3v) is 6.83. The molecular formula is C22H27FN2O4S. The van der Waals surface area contributed by atoms with Crippen LogP contribution in [-0.4, -0.2) is 27.0 Å². The van der Waals surface area contributed by atoms with E-state index in [4.69, 9.17) is 4.74 Å². The summed E-state index contributed by atoms with van der Waals surface area (Å²) < 4.78 is 48.2. The van der Waals surface area contributed by atoms with Crippen molar-refractivity contribution in [2.45, 2.75) is 50.5 Å². The third-order valence-electron chi connectivity index (χ3n) is 5.35. The van der Waals surface area contributed by atoms with Crippen LogP contribution in [0.15, 0.2) is 47.4 Å². The van der Waals surface area contributed by atoms with E-state index in [0.29, 0.717) is 18.0 Å². The lowest BCUT2D eigenvalue weighted by Crippen LogP contribution is -2.41. The number of amides is 1. The molecule has 2 aromatic rings. The molecule has 0 bridgehead atoms. The summed E-state index contributed by atoms with van der Waals surface area (Å²) in [6, 6.07) is 9.88. The summed E-state index contributed by atoms with van der Waals surface area (Å²) in [6.45, 7) is 4.23. The molecule has 1 aliphatic carbocycles. The molecule has 1 saturated carbocycles. The van der Waals surface area contributed by atoms with E-state index in [1.807, 2.05) is 13.8 Å². The fourth-order valence-electron chi connectivity index (χ4n) is 3.65. The lowest BCUT2D eigenvalue weighted by molar-refractivity contribution is 0.102. The van der Waals surface area contributed by atoms with Crippen LogP contribution in [-0.2, 0) is 10.0 Å². The van der Waals surface area contributed by atoms with E-state index < -0.39 is 21.7 Å². The zero-order chi connectivity index (χ0) is 21.7. The molecule has 2 N–H and O–H groups in total. The predicted molar refractivity (Wildman–Crippen MR) is 114 cm³/mol. The molecule has 2 aromatic carbocycles. The molecule has 0 radical (unpaired) electrons. The number of benzene rings is 2. The number of nitrogens with one attached hydrogen (secondary N) is 2. The zero-order valence-corrected chi connectivity index (χ0v) is 18.0. The molecule has 2 atom stereocenters. The Morgan fingerprint density at radius 2 is 1.90 bits per heavy atom. The molecule has 1 aliphatic rings. The topological polar surface area (TPSA) is 84.5 Å². The Labute approximate surface area is 176 Å². The van der Waals surface area contributed by atoms with E-state index in [1.54, 1.807) is 24.3 Å². The molecule has 0 saturated heterocycles. The van der Waals surface area contributed by atoms with Gasteiger partial charge in [-0.25, -0.2) is 17.5 Å². The number of carbonyl (C=O) groups is 1. The molecular weight excluding hydrogens is 407 g/mol. The Hall–Kier alpha value is -2.45.